The Bertz CT molecular complexity index is 1220. The Morgan fingerprint density at radius 2 is 1.82 bits per heavy atom. The van der Waals surface area contributed by atoms with Crippen molar-refractivity contribution in [1.82, 2.24) is 14.7 Å². The molecule has 3 aromatic rings. The van der Waals surface area contributed by atoms with Crippen molar-refractivity contribution < 1.29 is 22.7 Å². The van der Waals surface area contributed by atoms with Gasteiger partial charge < -0.3 is 10.8 Å². The van der Waals surface area contributed by atoms with Crippen LogP contribution in [0.5, 0.6) is 0 Å². The summed E-state index contributed by atoms with van der Waals surface area (Å²) in [5.74, 6) is -1.15. The molecular weight excluding hydrogens is 447 g/mol. The maximum atomic E-state index is 13.0. The number of aromatic nitrogens is 2. The third-order valence-corrected chi connectivity index (χ3v) is 6.41. The summed E-state index contributed by atoms with van der Waals surface area (Å²) in [7, 11) is -3.20. The lowest BCUT2D eigenvalue weighted by Crippen LogP contribution is -2.30. The molecule has 0 unspecified atom stereocenters. The molecule has 1 aromatic heterocycles. The molecule has 0 aliphatic rings. The molecule has 0 atom stereocenters. The number of aromatic carboxylic acids is 1. The smallest absolute Gasteiger partial charge is 0.339 e. The van der Waals surface area contributed by atoms with E-state index >= 15 is 0 Å². The topological polar surface area (TPSA) is 135 Å². The van der Waals surface area contributed by atoms with Crippen LogP contribution < -0.4 is 10.5 Å². The molecule has 8 nitrogen and oxygen atoms in total. The Kier molecular flexibility index (Phi) is 9.15. The number of hydrogen-bond acceptors (Lipinski definition) is 6. The van der Waals surface area contributed by atoms with Crippen molar-refractivity contribution in [1.29, 1.82) is 0 Å². The number of carboxylic acids is 1. The Hall–Kier alpha value is -3.21. The molecule has 0 aliphatic carbocycles. The van der Waals surface area contributed by atoms with Crippen LogP contribution >= 0.6 is 0 Å². The molecule has 0 amide bonds. The summed E-state index contributed by atoms with van der Waals surface area (Å²) >= 11 is 0. The average Bonchev–Trinajstić information content (AvgIpc) is 2.78. The van der Waals surface area contributed by atoms with Gasteiger partial charge in [0.2, 0.25) is 10.0 Å². The Morgan fingerprint density at radius 1 is 1.15 bits per heavy atom. The molecule has 0 saturated carbocycles. The first-order chi connectivity index (χ1) is 15.5. The van der Waals surface area contributed by atoms with Gasteiger partial charge in [-0.1, -0.05) is 36.4 Å². The average molecular weight is 475 g/mol. The van der Waals surface area contributed by atoms with E-state index in [0.29, 0.717) is 30.2 Å². The van der Waals surface area contributed by atoms with Gasteiger partial charge in [-0.25, -0.2) is 32.3 Å². The number of rotatable bonds is 7. The number of nitrogens with two attached hydrogens (primary N) is 1. The second-order valence-electron chi connectivity index (χ2n) is 7.45. The molecule has 2 aromatic carbocycles. The Balaban J connectivity index is 0.000000234. The molecule has 0 bridgehead atoms. The van der Waals surface area contributed by atoms with Gasteiger partial charge in [-0.05, 0) is 44.0 Å². The summed E-state index contributed by atoms with van der Waals surface area (Å²) in [5, 5.41) is 8.42. The molecule has 33 heavy (non-hydrogen) atoms. The summed E-state index contributed by atoms with van der Waals surface area (Å²) in [6.45, 7) is 5.66. The fraction of sp³-hybridized carbons (Fsp3) is 0.261. The molecule has 0 spiro atoms. The molecule has 0 aliphatic heterocycles. The molecule has 4 N–H and O–H groups in total. The number of nitrogens with one attached hydrogen (secondary N) is 1. The van der Waals surface area contributed by atoms with E-state index in [9.17, 15) is 17.6 Å². The molecule has 0 fully saturated rings. The first-order valence-electron chi connectivity index (χ1n) is 10.1. The van der Waals surface area contributed by atoms with Crippen LogP contribution in [0.25, 0.3) is 11.4 Å². The van der Waals surface area contributed by atoms with Crippen molar-refractivity contribution in [2.75, 3.05) is 0 Å². The number of sulfonamides is 1. The first kappa shape index (κ1) is 26.0. The van der Waals surface area contributed by atoms with Gasteiger partial charge in [-0.15, -0.1) is 0 Å². The Labute approximate surface area is 192 Å². The number of carboxylic acid groups (broad SMARTS) is 1. The van der Waals surface area contributed by atoms with Crippen molar-refractivity contribution >= 4 is 16.0 Å². The SMILES string of the molecule is CC(C)S(=O)(=O)NCc1cccc(CN)c1.Cc1nc(-c2cccc(F)c2)ncc1C(=O)O. The van der Waals surface area contributed by atoms with Gasteiger partial charge in [-0.3, -0.25) is 0 Å². The van der Waals surface area contributed by atoms with Gasteiger partial charge in [0.05, 0.1) is 16.5 Å². The van der Waals surface area contributed by atoms with Crippen molar-refractivity contribution in [3.05, 3.63) is 82.9 Å². The predicted molar refractivity (Wildman–Crippen MR) is 124 cm³/mol. The monoisotopic (exact) mass is 474 g/mol. The van der Waals surface area contributed by atoms with E-state index in [0.717, 1.165) is 11.1 Å². The molecule has 0 saturated heterocycles. The zero-order chi connectivity index (χ0) is 24.6. The van der Waals surface area contributed by atoms with Crippen LogP contribution in [-0.2, 0) is 23.1 Å². The second-order valence-corrected chi connectivity index (χ2v) is 9.77. The summed E-state index contributed by atoms with van der Waals surface area (Å²) in [4.78, 5) is 18.7. The minimum Gasteiger partial charge on any atom is -0.478 e. The van der Waals surface area contributed by atoms with Gasteiger partial charge in [0.15, 0.2) is 5.82 Å². The van der Waals surface area contributed by atoms with Crippen LogP contribution in [0.15, 0.2) is 54.7 Å². The highest BCUT2D eigenvalue weighted by molar-refractivity contribution is 7.90. The number of aryl methyl sites for hydroxylation is 1. The van der Waals surface area contributed by atoms with Crippen LogP contribution in [0.3, 0.4) is 0 Å². The lowest BCUT2D eigenvalue weighted by atomic mass is 10.1. The van der Waals surface area contributed by atoms with Crippen LogP contribution in [0.4, 0.5) is 4.39 Å². The van der Waals surface area contributed by atoms with Gasteiger partial charge in [0.1, 0.15) is 5.82 Å². The second kappa shape index (κ2) is 11.6. The van der Waals surface area contributed by atoms with Crippen molar-refractivity contribution in [3.63, 3.8) is 0 Å². The molecule has 0 radical (unpaired) electrons. The first-order valence-corrected chi connectivity index (χ1v) is 11.7. The summed E-state index contributed by atoms with van der Waals surface area (Å²) in [6.07, 6.45) is 1.23. The minimum atomic E-state index is -3.20. The van der Waals surface area contributed by atoms with E-state index in [1.807, 2.05) is 24.3 Å². The van der Waals surface area contributed by atoms with E-state index < -0.39 is 21.2 Å². The maximum absolute atomic E-state index is 13.0. The highest BCUT2D eigenvalue weighted by Gasteiger charge is 2.14. The molecule has 176 valence electrons. The zero-order valence-corrected chi connectivity index (χ0v) is 19.4. The van der Waals surface area contributed by atoms with Crippen LogP contribution in [0.1, 0.15) is 41.0 Å². The summed E-state index contributed by atoms with van der Waals surface area (Å²) in [6, 6.07) is 13.4. The summed E-state index contributed by atoms with van der Waals surface area (Å²) in [5.41, 5.74) is 8.35. The largest absolute Gasteiger partial charge is 0.478 e. The van der Waals surface area contributed by atoms with E-state index in [4.69, 9.17) is 10.8 Å². The zero-order valence-electron chi connectivity index (χ0n) is 18.6. The lowest BCUT2D eigenvalue weighted by molar-refractivity contribution is 0.0695. The van der Waals surface area contributed by atoms with Gasteiger partial charge in [-0.2, -0.15) is 0 Å². The third-order valence-electron chi connectivity index (χ3n) is 4.62. The molecular formula is C23H27FN4O4S. The van der Waals surface area contributed by atoms with Crippen LogP contribution in [-0.4, -0.2) is 34.7 Å². The van der Waals surface area contributed by atoms with Crippen molar-refractivity contribution in [2.45, 2.75) is 39.1 Å². The highest BCUT2D eigenvalue weighted by atomic mass is 32.2. The third kappa shape index (κ3) is 7.70. The van der Waals surface area contributed by atoms with Crippen molar-refractivity contribution in [2.24, 2.45) is 5.73 Å². The summed E-state index contributed by atoms with van der Waals surface area (Å²) < 4.78 is 38.6. The van der Waals surface area contributed by atoms with Crippen LogP contribution in [0.2, 0.25) is 0 Å². The Morgan fingerprint density at radius 3 is 2.39 bits per heavy atom. The van der Waals surface area contributed by atoms with E-state index in [2.05, 4.69) is 14.7 Å². The van der Waals surface area contributed by atoms with E-state index in [1.165, 1.54) is 18.3 Å². The number of carbonyl (C=O) groups is 1. The maximum Gasteiger partial charge on any atom is 0.339 e. The van der Waals surface area contributed by atoms with Gasteiger partial charge in [0.25, 0.3) is 0 Å². The number of halogens is 1. The molecule has 10 heteroatoms. The van der Waals surface area contributed by atoms with Crippen molar-refractivity contribution in [3.8, 4) is 11.4 Å². The van der Waals surface area contributed by atoms with Gasteiger partial charge >= 0.3 is 5.97 Å². The molecule has 1 heterocycles. The number of benzene rings is 2. The minimum absolute atomic E-state index is 0.0464. The fourth-order valence-corrected chi connectivity index (χ4v) is 3.36. The normalized spacial score (nSPS) is 11.1. The number of nitrogens with zero attached hydrogens (tertiary/aromatic N) is 2. The van der Waals surface area contributed by atoms with Gasteiger partial charge in [0, 0.05) is 24.8 Å². The van der Waals surface area contributed by atoms with Crippen LogP contribution in [0, 0.1) is 12.7 Å². The standard InChI is InChI=1S/C12H9FN2O2.C11H18N2O2S/c1-7-10(12(16)17)6-14-11(15-7)8-3-2-4-9(13)5-8;1-9(2)16(14,15)13-8-11-5-3-4-10(6-11)7-12/h2-6H,1H3,(H,16,17);3-6,9,13H,7-8,12H2,1-2H3. The fourth-order valence-electron chi connectivity index (χ4n) is 2.66. The molecule has 3 rings (SSSR count). The predicted octanol–water partition coefficient (Wildman–Crippen LogP) is 3.26. The highest BCUT2D eigenvalue weighted by Crippen LogP contribution is 2.17. The number of hydrogen-bond donors (Lipinski definition) is 3. The van der Waals surface area contributed by atoms with E-state index in [1.54, 1.807) is 32.9 Å². The van der Waals surface area contributed by atoms with E-state index in [-0.39, 0.29) is 11.4 Å². The quantitative estimate of drug-likeness (QED) is 0.478. The lowest BCUT2D eigenvalue weighted by Gasteiger charge is -2.10.